The molecule has 0 unspecified atom stereocenters. The molecular weight excluding hydrogens is 377 g/mol. The van der Waals surface area contributed by atoms with Gasteiger partial charge in [0.15, 0.2) is 11.5 Å². The van der Waals surface area contributed by atoms with Crippen LogP contribution < -0.4 is 14.8 Å². The van der Waals surface area contributed by atoms with Crippen molar-refractivity contribution in [2.24, 2.45) is 0 Å². The summed E-state index contributed by atoms with van der Waals surface area (Å²) in [4.78, 5) is 0. The molecule has 0 radical (unpaired) electrons. The van der Waals surface area contributed by atoms with E-state index < -0.39 is 0 Å². The summed E-state index contributed by atoms with van der Waals surface area (Å²) in [5.74, 6) is 1.14. The van der Waals surface area contributed by atoms with Gasteiger partial charge in [0.05, 0.1) is 24.9 Å². The zero-order chi connectivity index (χ0) is 15.4. The molecule has 21 heavy (non-hydrogen) atoms. The number of benzene rings is 2. The normalized spacial score (nSPS) is 10.3. The van der Waals surface area contributed by atoms with E-state index in [1.807, 2.05) is 30.3 Å². The largest absolute Gasteiger partial charge is 0.493 e. The molecule has 2 rings (SSSR count). The molecule has 1 N–H and O–H groups in total. The van der Waals surface area contributed by atoms with Crippen molar-refractivity contribution in [2.45, 2.75) is 6.54 Å². The SMILES string of the molecule is COc1cc(CNc2cc(Cl)ccc2Br)cc(Cl)c1OC. The highest BCUT2D eigenvalue weighted by atomic mass is 79.9. The van der Waals surface area contributed by atoms with Crippen LogP contribution in [-0.2, 0) is 6.54 Å². The van der Waals surface area contributed by atoms with Gasteiger partial charge in [0.25, 0.3) is 0 Å². The second-order valence-corrected chi connectivity index (χ2v) is 5.99. The van der Waals surface area contributed by atoms with Crippen LogP contribution in [0.25, 0.3) is 0 Å². The van der Waals surface area contributed by atoms with Crippen LogP contribution >= 0.6 is 39.1 Å². The third-order valence-electron chi connectivity index (χ3n) is 2.90. The Bertz CT molecular complexity index is 650. The Labute approximate surface area is 142 Å². The molecule has 0 saturated carbocycles. The lowest BCUT2D eigenvalue weighted by atomic mass is 10.2. The molecule has 3 nitrogen and oxygen atoms in total. The highest BCUT2D eigenvalue weighted by Crippen LogP contribution is 2.36. The molecule has 2 aromatic carbocycles. The summed E-state index contributed by atoms with van der Waals surface area (Å²) >= 11 is 15.7. The Morgan fingerprint density at radius 2 is 1.86 bits per heavy atom. The zero-order valence-electron chi connectivity index (χ0n) is 11.5. The molecule has 0 spiro atoms. The minimum atomic E-state index is 0.513. The molecule has 0 aliphatic rings. The van der Waals surface area contributed by atoms with Gasteiger partial charge in [-0.25, -0.2) is 0 Å². The van der Waals surface area contributed by atoms with E-state index in [1.54, 1.807) is 14.2 Å². The van der Waals surface area contributed by atoms with Gasteiger partial charge in [-0.1, -0.05) is 23.2 Å². The fraction of sp³-hybridized carbons (Fsp3) is 0.200. The number of hydrogen-bond acceptors (Lipinski definition) is 3. The molecule has 0 saturated heterocycles. The summed E-state index contributed by atoms with van der Waals surface area (Å²) in [6.45, 7) is 0.582. The molecule has 0 bridgehead atoms. The van der Waals surface area contributed by atoms with Crippen molar-refractivity contribution in [3.05, 3.63) is 50.4 Å². The summed E-state index contributed by atoms with van der Waals surface area (Å²) in [5.41, 5.74) is 1.89. The van der Waals surface area contributed by atoms with Gasteiger partial charge in [0.1, 0.15) is 0 Å². The second-order valence-electron chi connectivity index (χ2n) is 4.29. The first-order chi connectivity index (χ1) is 10.0. The van der Waals surface area contributed by atoms with Crippen molar-refractivity contribution in [3.63, 3.8) is 0 Å². The highest BCUT2D eigenvalue weighted by Gasteiger charge is 2.11. The second kappa shape index (κ2) is 7.25. The summed E-state index contributed by atoms with van der Waals surface area (Å²) in [6.07, 6.45) is 0. The maximum Gasteiger partial charge on any atom is 0.179 e. The maximum atomic E-state index is 6.19. The van der Waals surface area contributed by atoms with Crippen molar-refractivity contribution in [1.29, 1.82) is 0 Å². The Balaban J connectivity index is 2.20. The van der Waals surface area contributed by atoms with E-state index in [1.165, 1.54) is 0 Å². The monoisotopic (exact) mass is 389 g/mol. The third-order valence-corrected chi connectivity index (χ3v) is 4.11. The summed E-state index contributed by atoms with van der Waals surface area (Å²) < 4.78 is 11.4. The van der Waals surface area contributed by atoms with E-state index in [4.69, 9.17) is 32.7 Å². The summed E-state index contributed by atoms with van der Waals surface area (Å²) in [5, 5.41) is 4.48. The molecule has 0 amide bonds. The molecule has 0 aliphatic heterocycles. The van der Waals surface area contributed by atoms with Crippen molar-refractivity contribution in [1.82, 2.24) is 0 Å². The number of methoxy groups -OCH3 is 2. The molecule has 0 aliphatic carbocycles. The molecule has 0 atom stereocenters. The van der Waals surface area contributed by atoms with Gasteiger partial charge in [-0.15, -0.1) is 0 Å². The molecule has 112 valence electrons. The minimum absolute atomic E-state index is 0.513. The zero-order valence-corrected chi connectivity index (χ0v) is 14.6. The van der Waals surface area contributed by atoms with E-state index in [0.29, 0.717) is 28.1 Å². The lowest BCUT2D eigenvalue weighted by Gasteiger charge is -2.13. The van der Waals surface area contributed by atoms with Gasteiger partial charge in [0.2, 0.25) is 0 Å². The van der Waals surface area contributed by atoms with E-state index in [-0.39, 0.29) is 0 Å². The Morgan fingerprint density at radius 1 is 1.10 bits per heavy atom. The van der Waals surface area contributed by atoms with Gasteiger partial charge in [-0.05, 0) is 51.8 Å². The Hall–Kier alpha value is -1.10. The van der Waals surface area contributed by atoms with Gasteiger partial charge >= 0.3 is 0 Å². The van der Waals surface area contributed by atoms with Crippen LogP contribution in [-0.4, -0.2) is 14.2 Å². The number of anilines is 1. The Kier molecular flexibility index (Phi) is 5.62. The average molecular weight is 391 g/mol. The predicted molar refractivity (Wildman–Crippen MR) is 91.0 cm³/mol. The van der Waals surface area contributed by atoms with Gasteiger partial charge in [-0.3, -0.25) is 0 Å². The predicted octanol–water partition coefficient (Wildman–Crippen LogP) is 5.39. The van der Waals surface area contributed by atoms with Crippen molar-refractivity contribution >= 4 is 44.8 Å². The minimum Gasteiger partial charge on any atom is -0.493 e. The van der Waals surface area contributed by atoms with Crippen LogP contribution in [0.2, 0.25) is 10.0 Å². The fourth-order valence-corrected chi connectivity index (χ4v) is 2.77. The molecule has 2 aromatic rings. The molecule has 0 heterocycles. The standard InChI is InChI=1S/C15H14BrCl2NO2/c1-20-14-6-9(5-12(18)15(14)21-2)8-19-13-7-10(17)3-4-11(13)16/h3-7,19H,8H2,1-2H3. The number of ether oxygens (including phenoxy) is 2. The van der Waals surface area contributed by atoms with Crippen molar-refractivity contribution in [3.8, 4) is 11.5 Å². The van der Waals surface area contributed by atoms with Gasteiger partial charge in [0, 0.05) is 16.0 Å². The Morgan fingerprint density at radius 3 is 2.52 bits per heavy atom. The molecule has 0 aromatic heterocycles. The van der Waals surface area contributed by atoms with Crippen LogP contribution in [0.5, 0.6) is 11.5 Å². The number of nitrogens with one attached hydrogen (secondary N) is 1. The lowest BCUT2D eigenvalue weighted by Crippen LogP contribution is -2.01. The molecular formula is C15H14BrCl2NO2. The average Bonchev–Trinajstić information content (AvgIpc) is 2.47. The number of rotatable bonds is 5. The van der Waals surface area contributed by atoms with Crippen LogP contribution in [0.4, 0.5) is 5.69 Å². The topological polar surface area (TPSA) is 30.5 Å². The van der Waals surface area contributed by atoms with Crippen LogP contribution in [0, 0.1) is 0 Å². The van der Waals surface area contributed by atoms with Crippen LogP contribution in [0.1, 0.15) is 5.56 Å². The van der Waals surface area contributed by atoms with Crippen molar-refractivity contribution < 1.29 is 9.47 Å². The van der Waals surface area contributed by atoms with Crippen LogP contribution in [0.3, 0.4) is 0 Å². The fourth-order valence-electron chi connectivity index (χ4n) is 1.90. The first kappa shape index (κ1) is 16.3. The van der Waals surface area contributed by atoms with Gasteiger partial charge in [-0.2, -0.15) is 0 Å². The molecule has 6 heteroatoms. The lowest BCUT2D eigenvalue weighted by molar-refractivity contribution is 0.355. The van der Waals surface area contributed by atoms with E-state index in [0.717, 1.165) is 15.7 Å². The maximum absolute atomic E-state index is 6.19. The number of hydrogen-bond donors (Lipinski definition) is 1. The highest BCUT2D eigenvalue weighted by molar-refractivity contribution is 9.10. The van der Waals surface area contributed by atoms with Gasteiger partial charge < -0.3 is 14.8 Å². The first-order valence-corrected chi connectivity index (χ1v) is 7.69. The van der Waals surface area contributed by atoms with E-state index in [9.17, 15) is 0 Å². The van der Waals surface area contributed by atoms with E-state index in [2.05, 4.69) is 21.2 Å². The number of halogens is 3. The molecule has 0 fully saturated rings. The first-order valence-electron chi connectivity index (χ1n) is 6.14. The third kappa shape index (κ3) is 3.96. The summed E-state index contributed by atoms with van der Waals surface area (Å²) in [6, 6.07) is 9.30. The van der Waals surface area contributed by atoms with Crippen LogP contribution in [0.15, 0.2) is 34.8 Å². The summed E-state index contributed by atoms with van der Waals surface area (Å²) in [7, 11) is 3.14. The smallest absolute Gasteiger partial charge is 0.179 e. The van der Waals surface area contributed by atoms with E-state index >= 15 is 0 Å². The van der Waals surface area contributed by atoms with Crippen molar-refractivity contribution in [2.75, 3.05) is 19.5 Å². The quantitative estimate of drug-likeness (QED) is 0.742.